The van der Waals surface area contributed by atoms with Crippen LogP contribution in [0.5, 0.6) is 11.5 Å². The first kappa shape index (κ1) is 45.8. The first-order valence-electron chi connectivity index (χ1n) is 23.5. The second-order valence-electron chi connectivity index (χ2n) is 22.3. The summed E-state index contributed by atoms with van der Waals surface area (Å²) in [4.78, 5) is 30.2. The number of aromatic amines is 2. The van der Waals surface area contributed by atoms with Gasteiger partial charge in [-0.3, -0.25) is 10.1 Å². The van der Waals surface area contributed by atoms with Gasteiger partial charge in [0.15, 0.2) is 5.75 Å². The molecule has 68 heavy (non-hydrogen) atoms. The molecular formula is C60H61N5O3. The van der Waals surface area contributed by atoms with E-state index < -0.39 is 4.92 Å². The molecular weight excluding hydrogens is 839 g/mol. The van der Waals surface area contributed by atoms with E-state index in [0.29, 0.717) is 22.7 Å². The summed E-state index contributed by atoms with van der Waals surface area (Å²) in [6, 6.07) is 39.0. The van der Waals surface area contributed by atoms with Crippen LogP contribution in [0.15, 0.2) is 115 Å². The molecule has 3 aromatic heterocycles. The smallest absolute Gasteiger partial charge is 0.273 e. The van der Waals surface area contributed by atoms with Crippen molar-refractivity contribution in [1.82, 2.24) is 19.9 Å². The molecule has 2 aliphatic heterocycles. The van der Waals surface area contributed by atoms with Crippen LogP contribution in [0.2, 0.25) is 0 Å². The van der Waals surface area contributed by atoms with E-state index in [9.17, 15) is 10.1 Å². The molecule has 2 aliphatic rings. The van der Waals surface area contributed by atoms with Crippen molar-refractivity contribution in [3.8, 4) is 44.9 Å². The number of H-pyrrole nitrogens is 2. The zero-order valence-corrected chi connectivity index (χ0v) is 41.3. The van der Waals surface area contributed by atoms with Crippen LogP contribution in [0.3, 0.4) is 0 Å². The van der Waals surface area contributed by atoms with Gasteiger partial charge in [-0.1, -0.05) is 156 Å². The average Bonchev–Trinajstić information content (AvgIpc) is 4.12. The van der Waals surface area contributed by atoms with E-state index in [4.69, 9.17) is 14.7 Å². The maximum atomic E-state index is 12.0. The minimum absolute atomic E-state index is 0.0695. The van der Waals surface area contributed by atoms with Crippen molar-refractivity contribution >= 4 is 52.1 Å². The molecule has 5 heterocycles. The van der Waals surface area contributed by atoms with Gasteiger partial charge in [-0.15, -0.1) is 0 Å². The maximum absolute atomic E-state index is 12.0. The topological polar surface area (TPSA) is 110 Å². The third kappa shape index (κ3) is 9.07. The van der Waals surface area contributed by atoms with E-state index >= 15 is 0 Å². The Morgan fingerprint density at radius 1 is 0.441 bits per heavy atom. The number of fused-ring (bicyclic) bond motifs is 8. The Labute approximate surface area is 400 Å². The first-order chi connectivity index (χ1) is 32.0. The molecule has 9 rings (SSSR count). The fraction of sp³-hybridized carbons (Fsp3) is 0.267. The van der Waals surface area contributed by atoms with Crippen LogP contribution < -0.4 is 4.74 Å². The van der Waals surface area contributed by atoms with Crippen molar-refractivity contribution in [2.45, 2.75) is 105 Å². The van der Waals surface area contributed by atoms with E-state index in [2.05, 4.69) is 184 Å². The molecule has 0 fully saturated rings. The fourth-order valence-corrected chi connectivity index (χ4v) is 8.86. The number of nitrogens with zero attached hydrogens (tertiary/aromatic N) is 3. The Bertz CT molecular complexity index is 3240. The van der Waals surface area contributed by atoms with Crippen LogP contribution >= 0.6 is 0 Å². The van der Waals surface area contributed by atoms with Crippen LogP contribution in [0.25, 0.3) is 79.8 Å². The summed E-state index contributed by atoms with van der Waals surface area (Å²) in [5.74, 6) is 0.743. The Kier molecular flexibility index (Phi) is 11.3. The number of benzene rings is 4. The van der Waals surface area contributed by atoms with Crippen LogP contribution in [-0.2, 0) is 21.7 Å². The molecule has 344 valence electrons. The van der Waals surface area contributed by atoms with Crippen molar-refractivity contribution in [3.05, 3.63) is 170 Å². The standard InChI is InChI=1S/C60H61N5O3/c1-57(2,3)39-29-37(30-40(33-39)58(4,5)6)54-47-23-21-45(61-47)53(36-17-14-13-15-18-36)46-22-24-48(62-46)55(38-31-41(59(7,8)9)34-42(32-38)60(10,11)12)50-26-28-52(64-50)56(51-27-25-49(54)63-51)68-44-20-16-19-43(35-44)65(66)67/h13-35,61,64H,1-12H3. The summed E-state index contributed by atoms with van der Waals surface area (Å²) in [5, 5.41) is 12.0. The zero-order valence-electron chi connectivity index (χ0n) is 41.3. The van der Waals surface area contributed by atoms with Gasteiger partial charge in [-0.2, -0.15) is 0 Å². The van der Waals surface area contributed by atoms with Gasteiger partial charge in [-0.25, -0.2) is 9.97 Å². The Balaban J connectivity index is 1.47. The summed E-state index contributed by atoms with van der Waals surface area (Å²) >= 11 is 0. The molecule has 0 saturated heterocycles. The predicted molar refractivity (Wildman–Crippen MR) is 283 cm³/mol. The number of hydrogen-bond acceptors (Lipinski definition) is 5. The lowest BCUT2D eigenvalue weighted by atomic mass is 9.78. The Morgan fingerprint density at radius 2 is 0.838 bits per heavy atom. The van der Waals surface area contributed by atoms with Gasteiger partial charge < -0.3 is 14.7 Å². The number of rotatable bonds is 6. The fourth-order valence-electron chi connectivity index (χ4n) is 8.86. The summed E-state index contributed by atoms with van der Waals surface area (Å²) in [5.41, 5.74) is 16.5. The monoisotopic (exact) mass is 899 g/mol. The number of non-ortho nitro benzene ring substituents is 1. The number of nitro benzene ring substituents is 1. The molecule has 0 aliphatic carbocycles. The van der Waals surface area contributed by atoms with Crippen molar-refractivity contribution < 1.29 is 9.66 Å². The van der Waals surface area contributed by atoms with Gasteiger partial charge in [0.05, 0.1) is 33.6 Å². The molecule has 0 saturated carbocycles. The quantitative estimate of drug-likeness (QED) is 0.128. The van der Waals surface area contributed by atoms with Gasteiger partial charge in [0.2, 0.25) is 0 Å². The molecule has 0 amide bonds. The van der Waals surface area contributed by atoms with Crippen LogP contribution in [-0.4, -0.2) is 24.9 Å². The molecule has 0 spiro atoms. The normalized spacial score (nSPS) is 13.0. The number of aromatic nitrogens is 4. The second-order valence-corrected chi connectivity index (χ2v) is 22.3. The SMILES string of the molecule is CC(C)(C)c1cc(-c2c3nc(c(-c4ccccc4)c4ccc([nH]4)c(-c4cc(C(C)(C)C)cc(C(C)(C)C)c4)c4nc(c(Oc5cccc([N+](=O)[O-])c5)c5ccc2[nH]5)C=C4)C=C3)cc(C(C)(C)C)c1. The summed E-state index contributed by atoms with van der Waals surface area (Å²) in [6.07, 6.45) is 8.26. The van der Waals surface area contributed by atoms with Crippen molar-refractivity contribution in [2.24, 2.45) is 0 Å². The lowest BCUT2D eigenvalue weighted by molar-refractivity contribution is -0.384. The number of nitro groups is 1. The highest BCUT2D eigenvalue weighted by Crippen LogP contribution is 2.43. The highest BCUT2D eigenvalue weighted by Gasteiger charge is 2.26. The summed E-state index contributed by atoms with van der Waals surface area (Å²) in [7, 11) is 0. The van der Waals surface area contributed by atoms with Gasteiger partial charge in [-0.05, 0) is 115 Å². The molecule has 0 unspecified atom stereocenters. The minimum atomic E-state index is -0.411. The largest absolute Gasteiger partial charge is 0.453 e. The first-order valence-corrected chi connectivity index (χ1v) is 23.5. The molecule has 0 radical (unpaired) electrons. The third-order valence-corrected chi connectivity index (χ3v) is 12.9. The lowest BCUT2D eigenvalue weighted by Crippen LogP contribution is -2.16. The predicted octanol–water partition coefficient (Wildman–Crippen LogP) is 16.5. The molecule has 4 aromatic carbocycles. The van der Waals surface area contributed by atoms with E-state index in [1.165, 1.54) is 34.4 Å². The van der Waals surface area contributed by atoms with Gasteiger partial charge >= 0.3 is 0 Å². The molecule has 8 heteroatoms. The molecule has 8 nitrogen and oxygen atoms in total. The molecule has 7 aromatic rings. The molecule has 8 bridgehead atoms. The van der Waals surface area contributed by atoms with Crippen molar-refractivity contribution in [3.63, 3.8) is 0 Å². The molecule has 2 N–H and O–H groups in total. The van der Waals surface area contributed by atoms with Crippen LogP contribution in [0, 0.1) is 10.1 Å². The second kappa shape index (κ2) is 16.8. The Morgan fingerprint density at radius 3 is 1.28 bits per heavy atom. The summed E-state index contributed by atoms with van der Waals surface area (Å²) < 4.78 is 6.78. The number of hydrogen-bond donors (Lipinski definition) is 2. The van der Waals surface area contributed by atoms with Crippen molar-refractivity contribution in [1.29, 1.82) is 0 Å². The number of nitrogens with one attached hydrogen (secondary N) is 2. The van der Waals surface area contributed by atoms with Crippen LogP contribution in [0.4, 0.5) is 5.69 Å². The van der Waals surface area contributed by atoms with Gasteiger partial charge in [0.1, 0.15) is 11.4 Å². The minimum Gasteiger partial charge on any atom is -0.453 e. The Hall–Kier alpha value is -7.32. The summed E-state index contributed by atoms with van der Waals surface area (Å²) in [6.45, 7) is 27.0. The van der Waals surface area contributed by atoms with Crippen LogP contribution in [0.1, 0.15) is 128 Å². The molecule has 0 atom stereocenters. The van der Waals surface area contributed by atoms with E-state index in [-0.39, 0.29) is 27.3 Å². The van der Waals surface area contributed by atoms with Gasteiger partial charge in [0.25, 0.3) is 5.69 Å². The maximum Gasteiger partial charge on any atom is 0.273 e. The van der Waals surface area contributed by atoms with Gasteiger partial charge in [0, 0.05) is 39.3 Å². The highest BCUT2D eigenvalue weighted by molar-refractivity contribution is 5.98. The average molecular weight is 900 g/mol. The number of ether oxygens (including phenoxy) is 1. The third-order valence-electron chi connectivity index (χ3n) is 12.9. The lowest BCUT2D eigenvalue weighted by Gasteiger charge is -2.26. The van der Waals surface area contributed by atoms with Crippen molar-refractivity contribution in [2.75, 3.05) is 0 Å². The highest BCUT2D eigenvalue weighted by atomic mass is 16.6. The van der Waals surface area contributed by atoms with E-state index in [1.54, 1.807) is 12.1 Å². The zero-order chi connectivity index (χ0) is 48.5. The van der Waals surface area contributed by atoms with E-state index in [1.807, 2.05) is 24.3 Å². The van der Waals surface area contributed by atoms with E-state index in [0.717, 1.165) is 67.0 Å².